The molecule has 0 aromatic carbocycles. The molecule has 2 unspecified atom stereocenters. The fourth-order valence-electron chi connectivity index (χ4n) is 1.90. The van der Waals surface area contributed by atoms with E-state index >= 15 is 0 Å². The number of hydrogen-bond acceptors (Lipinski definition) is 3. The van der Waals surface area contributed by atoms with Crippen molar-refractivity contribution in [1.29, 1.82) is 0 Å². The lowest BCUT2D eigenvalue weighted by atomic mass is 9.86. The minimum Gasteiger partial charge on any atom is -0.387 e. The van der Waals surface area contributed by atoms with Crippen LogP contribution in [0, 0.1) is 5.92 Å². The molecule has 0 bridgehead atoms. The molecule has 0 radical (unpaired) electrons. The van der Waals surface area contributed by atoms with Gasteiger partial charge in [-0.1, -0.05) is 13.8 Å². The molecular formula is C9H20N2O. The van der Waals surface area contributed by atoms with Gasteiger partial charge in [-0.05, 0) is 19.4 Å². The van der Waals surface area contributed by atoms with Gasteiger partial charge in [0, 0.05) is 19.1 Å². The maximum atomic E-state index is 10.1. The van der Waals surface area contributed by atoms with Crippen LogP contribution in [0.5, 0.6) is 0 Å². The molecule has 0 aliphatic carbocycles. The fourth-order valence-corrected chi connectivity index (χ4v) is 1.90. The Bertz CT molecular complexity index is 161. The molecule has 1 heterocycles. The molecule has 0 spiro atoms. The summed E-state index contributed by atoms with van der Waals surface area (Å²) in [5.41, 5.74) is 5.29. The third kappa shape index (κ3) is 1.79. The number of likely N-dealkylation sites (tertiary alicyclic amines) is 1. The maximum absolute atomic E-state index is 10.1. The summed E-state index contributed by atoms with van der Waals surface area (Å²) in [6.07, 6.45) is 0.808. The Morgan fingerprint density at radius 2 is 2.08 bits per heavy atom. The van der Waals surface area contributed by atoms with Gasteiger partial charge in [0.05, 0.1) is 5.60 Å². The van der Waals surface area contributed by atoms with Crippen LogP contribution in [0.15, 0.2) is 0 Å². The first-order valence-corrected chi connectivity index (χ1v) is 4.62. The summed E-state index contributed by atoms with van der Waals surface area (Å²) in [7, 11) is 2.02. The molecule has 12 heavy (non-hydrogen) atoms. The molecule has 1 aliphatic rings. The van der Waals surface area contributed by atoms with E-state index in [2.05, 4.69) is 18.7 Å². The van der Waals surface area contributed by atoms with Crippen molar-refractivity contribution in [2.45, 2.75) is 31.9 Å². The van der Waals surface area contributed by atoms with Crippen molar-refractivity contribution < 1.29 is 5.11 Å². The summed E-state index contributed by atoms with van der Waals surface area (Å²) in [6, 6.07) is -0.0950. The van der Waals surface area contributed by atoms with Crippen molar-refractivity contribution >= 4 is 0 Å². The normalized spacial score (nSPS) is 34.5. The van der Waals surface area contributed by atoms with E-state index in [9.17, 15) is 5.11 Å². The maximum Gasteiger partial charge on any atom is 0.0938 e. The molecular weight excluding hydrogens is 152 g/mol. The van der Waals surface area contributed by atoms with Gasteiger partial charge in [0.15, 0.2) is 0 Å². The molecule has 72 valence electrons. The highest BCUT2D eigenvalue weighted by molar-refractivity contribution is 4.97. The number of hydrogen-bond donors (Lipinski definition) is 2. The lowest BCUT2D eigenvalue weighted by Crippen LogP contribution is -2.52. The highest BCUT2D eigenvalue weighted by Gasteiger charge is 2.40. The van der Waals surface area contributed by atoms with Gasteiger partial charge in [-0.15, -0.1) is 0 Å². The molecule has 1 fully saturated rings. The van der Waals surface area contributed by atoms with Crippen LogP contribution >= 0.6 is 0 Å². The molecule has 2 atom stereocenters. The predicted octanol–water partition coefficient (Wildman–Crippen LogP) is 0.0363. The van der Waals surface area contributed by atoms with Crippen molar-refractivity contribution in [3.63, 3.8) is 0 Å². The second-order valence-electron chi connectivity index (χ2n) is 4.36. The van der Waals surface area contributed by atoms with Gasteiger partial charge in [-0.3, -0.25) is 0 Å². The quantitative estimate of drug-likeness (QED) is 0.618. The third-order valence-electron chi connectivity index (χ3n) is 2.81. The van der Waals surface area contributed by atoms with E-state index in [1.165, 1.54) is 0 Å². The minimum atomic E-state index is -0.650. The topological polar surface area (TPSA) is 49.5 Å². The second kappa shape index (κ2) is 3.32. The van der Waals surface area contributed by atoms with Crippen LogP contribution < -0.4 is 5.73 Å². The van der Waals surface area contributed by atoms with Crippen LogP contribution in [0.4, 0.5) is 0 Å². The average Bonchev–Trinajstić information content (AvgIpc) is 2.31. The van der Waals surface area contributed by atoms with Gasteiger partial charge in [-0.2, -0.15) is 0 Å². The number of likely N-dealkylation sites (N-methyl/N-ethyl adjacent to an activating group) is 1. The standard InChI is InChI=1S/C9H20N2O/c1-7(2)8(10)9(12)4-5-11(3)6-9/h7-8,12H,4-6,10H2,1-3H3. The van der Waals surface area contributed by atoms with E-state index in [4.69, 9.17) is 5.73 Å². The van der Waals surface area contributed by atoms with Gasteiger partial charge in [0.25, 0.3) is 0 Å². The molecule has 3 nitrogen and oxygen atoms in total. The van der Waals surface area contributed by atoms with Crippen molar-refractivity contribution in [1.82, 2.24) is 4.90 Å². The molecule has 0 aromatic rings. The van der Waals surface area contributed by atoms with Crippen LogP contribution in [0.25, 0.3) is 0 Å². The van der Waals surface area contributed by atoms with Gasteiger partial charge >= 0.3 is 0 Å². The second-order valence-corrected chi connectivity index (χ2v) is 4.36. The average molecular weight is 172 g/mol. The highest BCUT2D eigenvalue weighted by Crippen LogP contribution is 2.26. The first kappa shape index (κ1) is 9.96. The number of β-amino-alcohol motifs (C(OH)–C–C–N with tert-alkyl or cyclic N) is 1. The summed E-state index contributed by atoms with van der Waals surface area (Å²) in [5.74, 6) is 0.349. The molecule has 1 saturated heterocycles. The summed E-state index contributed by atoms with van der Waals surface area (Å²) in [5, 5.41) is 10.1. The van der Waals surface area contributed by atoms with E-state index in [1.54, 1.807) is 0 Å². The summed E-state index contributed by atoms with van der Waals surface area (Å²) in [6.45, 7) is 5.78. The Morgan fingerprint density at radius 1 is 1.50 bits per heavy atom. The van der Waals surface area contributed by atoms with Crippen LogP contribution in [0.3, 0.4) is 0 Å². The van der Waals surface area contributed by atoms with Gasteiger partial charge in [-0.25, -0.2) is 0 Å². The largest absolute Gasteiger partial charge is 0.387 e. The monoisotopic (exact) mass is 172 g/mol. The third-order valence-corrected chi connectivity index (χ3v) is 2.81. The Balaban J connectivity index is 2.60. The Kier molecular flexibility index (Phi) is 2.76. The number of nitrogens with zero attached hydrogens (tertiary/aromatic N) is 1. The van der Waals surface area contributed by atoms with Gasteiger partial charge < -0.3 is 15.7 Å². The fraction of sp³-hybridized carbons (Fsp3) is 1.00. The molecule has 0 amide bonds. The van der Waals surface area contributed by atoms with E-state index in [0.717, 1.165) is 13.0 Å². The summed E-state index contributed by atoms with van der Waals surface area (Å²) in [4.78, 5) is 2.13. The zero-order valence-corrected chi connectivity index (χ0v) is 8.25. The zero-order valence-electron chi connectivity index (χ0n) is 8.25. The first-order valence-electron chi connectivity index (χ1n) is 4.62. The minimum absolute atomic E-state index is 0.0950. The summed E-state index contributed by atoms with van der Waals surface area (Å²) < 4.78 is 0. The van der Waals surface area contributed by atoms with Crippen molar-refractivity contribution in [3.05, 3.63) is 0 Å². The molecule has 0 saturated carbocycles. The van der Waals surface area contributed by atoms with Crippen molar-refractivity contribution in [2.75, 3.05) is 20.1 Å². The zero-order chi connectivity index (χ0) is 9.35. The van der Waals surface area contributed by atoms with Crippen molar-refractivity contribution in [3.8, 4) is 0 Å². The molecule has 3 heteroatoms. The molecule has 3 N–H and O–H groups in total. The smallest absolute Gasteiger partial charge is 0.0938 e. The Labute approximate surface area is 74.5 Å². The highest BCUT2D eigenvalue weighted by atomic mass is 16.3. The molecule has 0 aromatic heterocycles. The number of aliphatic hydroxyl groups is 1. The van der Waals surface area contributed by atoms with E-state index in [1.807, 2.05) is 7.05 Å². The Hall–Kier alpha value is -0.120. The molecule has 1 rings (SSSR count). The van der Waals surface area contributed by atoms with E-state index in [-0.39, 0.29) is 6.04 Å². The van der Waals surface area contributed by atoms with Crippen LogP contribution in [-0.2, 0) is 0 Å². The van der Waals surface area contributed by atoms with Gasteiger partial charge in [0.2, 0.25) is 0 Å². The first-order chi connectivity index (χ1) is 5.46. The predicted molar refractivity (Wildman–Crippen MR) is 49.9 cm³/mol. The lowest BCUT2D eigenvalue weighted by molar-refractivity contribution is 0.0112. The molecule has 1 aliphatic heterocycles. The van der Waals surface area contributed by atoms with Crippen LogP contribution in [0.2, 0.25) is 0 Å². The summed E-state index contributed by atoms with van der Waals surface area (Å²) >= 11 is 0. The Morgan fingerprint density at radius 3 is 2.42 bits per heavy atom. The van der Waals surface area contributed by atoms with Gasteiger partial charge in [0.1, 0.15) is 0 Å². The van der Waals surface area contributed by atoms with Crippen LogP contribution in [0.1, 0.15) is 20.3 Å². The SMILES string of the molecule is CC(C)C(N)C1(O)CCN(C)C1. The number of nitrogens with two attached hydrogens (primary N) is 1. The number of rotatable bonds is 2. The van der Waals surface area contributed by atoms with Crippen molar-refractivity contribution in [2.24, 2.45) is 11.7 Å². The van der Waals surface area contributed by atoms with E-state index < -0.39 is 5.60 Å². The lowest BCUT2D eigenvalue weighted by Gasteiger charge is -2.32. The van der Waals surface area contributed by atoms with Crippen LogP contribution in [-0.4, -0.2) is 41.8 Å². The van der Waals surface area contributed by atoms with E-state index in [0.29, 0.717) is 12.5 Å².